The molecule has 1 aliphatic rings. The molecular formula is C19H19N3O2. The highest BCUT2D eigenvalue weighted by Crippen LogP contribution is 2.35. The summed E-state index contributed by atoms with van der Waals surface area (Å²) in [6.07, 6.45) is 2.62. The van der Waals surface area contributed by atoms with Crippen molar-refractivity contribution >= 4 is 16.9 Å². The van der Waals surface area contributed by atoms with Crippen molar-refractivity contribution in [3.8, 4) is 0 Å². The van der Waals surface area contributed by atoms with Gasteiger partial charge in [0.05, 0.1) is 17.4 Å². The van der Waals surface area contributed by atoms with Crippen LogP contribution in [0, 0.1) is 0 Å². The summed E-state index contributed by atoms with van der Waals surface area (Å²) < 4.78 is 0. The maximum Gasteiger partial charge on any atom is 0.260 e. The fourth-order valence-electron chi connectivity index (χ4n) is 3.48. The van der Waals surface area contributed by atoms with Crippen molar-refractivity contribution in [2.75, 3.05) is 11.9 Å². The molecular weight excluding hydrogens is 302 g/mol. The molecule has 0 saturated heterocycles. The number of rotatable bonds is 3. The van der Waals surface area contributed by atoms with Crippen LogP contribution < -0.4 is 10.9 Å². The zero-order valence-corrected chi connectivity index (χ0v) is 13.2. The van der Waals surface area contributed by atoms with Crippen molar-refractivity contribution in [2.45, 2.75) is 24.9 Å². The molecule has 0 aliphatic heterocycles. The Bertz CT molecular complexity index is 950. The fraction of sp³-hybridized carbons (Fsp3) is 0.263. The summed E-state index contributed by atoms with van der Waals surface area (Å²) in [5.74, 6) is 0.384. The molecule has 0 fully saturated rings. The molecule has 5 nitrogen and oxygen atoms in total. The maximum absolute atomic E-state index is 12.1. The molecule has 1 aliphatic carbocycles. The molecule has 122 valence electrons. The van der Waals surface area contributed by atoms with Gasteiger partial charge >= 0.3 is 0 Å². The van der Waals surface area contributed by atoms with Gasteiger partial charge in [0.1, 0.15) is 5.60 Å². The third-order valence-electron chi connectivity index (χ3n) is 4.72. The standard InChI is InChI=1S/C19H19N3O2/c23-17-14-8-2-4-10-16(14)21-18(22-17)20-12-19(24)11-5-7-13-6-1-3-9-15(13)19/h1-4,6,8-10,24H,5,7,11-12H2,(H2,20,21,22,23). The molecule has 24 heavy (non-hydrogen) atoms. The van der Waals surface area contributed by atoms with Crippen LogP contribution in [-0.4, -0.2) is 21.6 Å². The minimum atomic E-state index is -0.945. The van der Waals surface area contributed by atoms with Crippen LogP contribution in [0.15, 0.2) is 53.3 Å². The normalized spacial score (nSPS) is 19.9. The molecule has 0 bridgehead atoms. The average Bonchev–Trinajstić information content (AvgIpc) is 2.61. The minimum Gasteiger partial charge on any atom is -0.383 e. The molecule has 1 atom stereocenters. The maximum atomic E-state index is 12.1. The van der Waals surface area contributed by atoms with Gasteiger partial charge in [-0.05, 0) is 42.5 Å². The van der Waals surface area contributed by atoms with Gasteiger partial charge in [0.25, 0.3) is 5.56 Å². The van der Waals surface area contributed by atoms with E-state index < -0.39 is 5.60 Å². The van der Waals surface area contributed by atoms with Gasteiger partial charge in [-0.25, -0.2) is 4.98 Å². The summed E-state index contributed by atoms with van der Waals surface area (Å²) in [6, 6.07) is 15.2. The summed E-state index contributed by atoms with van der Waals surface area (Å²) >= 11 is 0. The van der Waals surface area contributed by atoms with E-state index in [9.17, 15) is 9.90 Å². The van der Waals surface area contributed by atoms with Crippen LogP contribution in [-0.2, 0) is 12.0 Å². The van der Waals surface area contributed by atoms with Crippen LogP contribution in [0.1, 0.15) is 24.0 Å². The average molecular weight is 321 g/mol. The largest absolute Gasteiger partial charge is 0.383 e. The molecule has 0 saturated carbocycles. The molecule has 3 aromatic rings. The van der Waals surface area contributed by atoms with Crippen molar-refractivity contribution < 1.29 is 5.11 Å². The highest BCUT2D eigenvalue weighted by molar-refractivity contribution is 5.78. The second-order valence-electron chi connectivity index (χ2n) is 6.33. The van der Waals surface area contributed by atoms with Gasteiger partial charge in [0.2, 0.25) is 5.95 Å². The van der Waals surface area contributed by atoms with E-state index in [0.717, 1.165) is 18.4 Å². The number of para-hydroxylation sites is 1. The topological polar surface area (TPSA) is 78.0 Å². The first-order valence-electron chi connectivity index (χ1n) is 8.19. The first-order chi connectivity index (χ1) is 11.7. The first kappa shape index (κ1) is 14.9. The predicted molar refractivity (Wildman–Crippen MR) is 94.1 cm³/mol. The zero-order valence-electron chi connectivity index (χ0n) is 13.2. The van der Waals surface area contributed by atoms with Gasteiger partial charge in [-0.15, -0.1) is 0 Å². The summed E-state index contributed by atoms with van der Waals surface area (Å²) in [6.45, 7) is 0.311. The van der Waals surface area contributed by atoms with E-state index in [1.807, 2.05) is 30.3 Å². The van der Waals surface area contributed by atoms with Crippen molar-refractivity contribution in [2.24, 2.45) is 0 Å². The predicted octanol–water partition coefficient (Wildman–Crippen LogP) is 2.56. The van der Waals surface area contributed by atoms with E-state index in [2.05, 4.69) is 21.4 Å². The molecule has 3 N–H and O–H groups in total. The van der Waals surface area contributed by atoms with E-state index in [1.165, 1.54) is 5.56 Å². The van der Waals surface area contributed by atoms with E-state index in [4.69, 9.17) is 0 Å². The van der Waals surface area contributed by atoms with Crippen LogP contribution in [0.4, 0.5) is 5.95 Å². The van der Waals surface area contributed by atoms with Crippen molar-refractivity contribution in [1.29, 1.82) is 0 Å². The van der Waals surface area contributed by atoms with Crippen LogP contribution in [0.2, 0.25) is 0 Å². The van der Waals surface area contributed by atoms with Crippen LogP contribution in [0.3, 0.4) is 0 Å². The van der Waals surface area contributed by atoms with Crippen LogP contribution in [0.5, 0.6) is 0 Å². The lowest BCUT2D eigenvalue weighted by Gasteiger charge is -2.34. The summed E-state index contributed by atoms with van der Waals surface area (Å²) in [5.41, 5.74) is 1.66. The second-order valence-corrected chi connectivity index (χ2v) is 6.33. The molecule has 5 heteroatoms. The van der Waals surface area contributed by atoms with Crippen LogP contribution >= 0.6 is 0 Å². The van der Waals surface area contributed by atoms with Gasteiger partial charge in [0, 0.05) is 0 Å². The molecule has 1 heterocycles. The highest BCUT2D eigenvalue weighted by Gasteiger charge is 2.34. The lowest BCUT2D eigenvalue weighted by atomic mass is 9.79. The molecule has 0 amide bonds. The SMILES string of the molecule is O=c1[nH]c(NCC2(O)CCCc3ccccc32)nc2ccccc12. The summed E-state index contributed by atoms with van der Waals surface area (Å²) in [4.78, 5) is 19.3. The number of nitrogens with zero attached hydrogens (tertiary/aromatic N) is 1. The summed E-state index contributed by atoms with van der Waals surface area (Å²) in [5, 5.41) is 14.8. The number of aromatic amines is 1. The minimum absolute atomic E-state index is 0.181. The van der Waals surface area contributed by atoms with Gasteiger partial charge in [-0.1, -0.05) is 36.4 Å². The third kappa shape index (κ3) is 2.57. The van der Waals surface area contributed by atoms with Gasteiger partial charge in [-0.3, -0.25) is 9.78 Å². The Hall–Kier alpha value is -2.66. The lowest BCUT2D eigenvalue weighted by molar-refractivity contribution is 0.0321. The number of aryl methyl sites for hydroxylation is 1. The van der Waals surface area contributed by atoms with E-state index in [-0.39, 0.29) is 5.56 Å². The van der Waals surface area contributed by atoms with Crippen molar-refractivity contribution in [3.05, 3.63) is 70.0 Å². The van der Waals surface area contributed by atoms with Crippen molar-refractivity contribution in [3.63, 3.8) is 0 Å². The van der Waals surface area contributed by atoms with Crippen molar-refractivity contribution in [1.82, 2.24) is 9.97 Å². The van der Waals surface area contributed by atoms with Gasteiger partial charge in [0.15, 0.2) is 0 Å². The summed E-state index contributed by atoms with van der Waals surface area (Å²) in [7, 11) is 0. The number of hydrogen-bond acceptors (Lipinski definition) is 4. The number of aromatic nitrogens is 2. The van der Waals surface area contributed by atoms with E-state index in [0.29, 0.717) is 29.8 Å². The molecule has 4 rings (SSSR count). The third-order valence-corrected chi connectivity index (χ3v) is 4.72. The molecule has 0 radical (unpaired) electrons. The quantitative estimate of drug-likeness (QED) is 0.693. The molecule has 0 spiro atoms. The number of hydrogen-bond donors (Lipinski definition) is 3. The lowest BCUT2D eigenvalue weighted by Crippen LogP contribution is -2.38. The number of H-pyrrole nitrogens is 1. The number of benzene rings is 2. The molecule has 1 aromatic heterocycles. The Morgan fingerprint density at radius 1 is 1.17 bits per heavy atom. The highest BCUT2D eigenvalue weighted by atomic mass is 16.3. The number of fused-ring (bicyclic) bond motifs is 2. The van der Waals surface area contributed by atoms with Gasteiger partial charge < -0.3 is 10.4 Å². The van der Waals surface area contributed by atoms with Gasteiger partial charge in [-0.2, -0.15) is 0 Å². The smallest absolute Gasteiger partial charge is 0.260 e. The Morgan fingerprint density at radius 3 is 2.88 bits per heavy atom. The van der Waals surface area contributed by atoms with E-state index in [1.54, 1.807) is 12.1 Å². The van der Waals surface area contributed by atoms with Crippen LogP contribution in [0.25, 0.3) is 10.9 Å². The Kier molecular flexibility index (Phi) is 3.58. The first-order valence-corrected chi connectivity index (χ1v) is 8.19. The monoisotopic (exact) mass is 321 g/mol. The Labute approximate surface area is 139 Å². The van der Waals surface area contributed by atoms with E-state index >= 15 is 0 Å². The molecule has 1 unspecified atom stereocenters. The second kappa shape index (κ2) is 5.76. The number of anilines is 1. The number of aliphatic hydroxyl groups is 1. The fourth-order valence-corrected chi connectivity index (χ4v) is 3.48. The Morgan fingerprint density at radius 2 is 1.96 bits per heavy atom. The molecule has 2 aromatic carbocycles. The zero-order chi connectivity index (χ0) is 16.6. The Balaban J connectivity index is 1.63. The number of nitrogens with one attached hydrogen (secondary N) is 2.